The topological polar surface area (TPSA) is 56.7 Å². The van der Waals surface area contributed by atoms with Crippen molar-refractivity contribution in [1.82, 2.24) is 14.5 Å². The van der Waals surface area contributed by atoms with Gasteiger partial charge in [0.15, 0.2) is 5.65 Å². The van der Waals surface area contributed by atoms with Crippen LogP contribution in [0.4, 0.5) is 10.2 Å². The number of nitrogen functional groups attached to an aromatic ring is 1. The molecule has 108 valence electrons. The largest absolute Gasteiger partial charge is 0.383 e. The number of benzene rings is 1. The quantitative estimate of drug-likeness (QED) is 0.745. The summed E-state index contributed by atoms with van der Waals surface area (Å²) in [6, 6.07) is 4.75. The molecule has 0 atom stereocenters. The number of nitrogens with two attached hydrogens (primary N) is 1. The molecule has 0 fully saturated rings. The lowest BCUT2D eigenvalue weighted by Gasteiger charge is -2.11. The molecule has 2 heterocycles. The van der Waals surface area contributed by atoms with Gasteiger partial charge in [-0.25, -0.2) is 14.4 Å². The van der Waals surface area contributed by atoms with Crippen LogP contribution in [-0.2, 0) is 0 Å². The van der Waals surface area contributed by atoms with E-state index in [1.807, 2.05) is 25.3 Å². The van der Waals surface area contributed by atoms with Crippen LogP contribution < -0.4 is 5.73 Å². The first kappa shape index (κ1) is 13.5. The number of hydrogen-bond acceptors (Lipinski definition) is 3. The highest BCUT2D eigenvalue weighted by molar-refractivity contribution is 5.92. The van der Waals surface area contributed by atoms with E-state index in [-0.39, 0.29) is 5.82 Å². The number of aromatic nitrogens is 3. The summed E-state index contributed by atoms with van der Waals surface area (Å²) < 4.78 is 15.6. The van der Waals surface area contributed by atoms with Gasteiger partial charge >= 0.3 is 0 Å². The number of aryl methyl sites for hydroxylation is 3. The van der Waals surface area contributed by atoms with Crippen LogP contribution in [0, 0.1) is 33.5 Å². The second-order valence-electron chi connectivity index (χ2n) is 5.33. The highest BCUT2D eigenvalue weighted by Crippen LogP contribution is 2.31. The van der Waals surface area contributed by atoms with Crippen LogP contribution in [0.5, 0.6) is 0 Å². The summed E-state index contributed by atoms with van der Waals surface area (Å²) in [6.45, 7) is 7.72. The Morgan fingerprint density at radius 3 is 2.52 bits per heavy atom. The van der Waals surface area contributed by atoms with Gasteiger partial charge in [-0.15, -0.1) is 0 Å². The third-order valence-electron chi connectivity index (χ3n) is 3.91. The minimum atomic E-state index is -0.270. The van der Waals surface area contributed by atoms with Crippen molar-refractivity contribution in [3.63, 3.8) is 0 Å². The Bertz CT molecular complexity index is 865. The summed E-state index contributed by atoms with van der Waals surface area (Å²) in [7, 11) is 0. The zero-order chi connectivity index (χ0) is 15.3. The van der Waals surface area contributed by atoms with Gasteiger partial charge < -0.3 is 5.73 Å². The zero-order valence-corrected chi connectivity index (χ0v) is 12.5. The average Bonchev–Trinajstić information content (AvgIpc) is 2.65. The molecule has 0 amide bonds. The van der Waals surface area contributed by atoms with E-state index in [0.29, 0.717) is 11.6 Å². The van der Waals surface area contributed by atoms with Gasteiger partial charge in [-0.05, 0) is 51.0 Å². The fourth-order valence-electron chi connectivity index (χ4n) is 2.73. The van der Waals surface area contributed by atoms with Crippen molar-refractivity contribution in [2.24, 2.45) is 0 Å². The molecule has 5 heteroatoms. The molecule has 4 nitrogen and oxygen atoms in total. The van der Waals surface area contributed by atoms with Crippen molar-refractivity contribution < 1.29 is 4.39 Å². The number of anilines is 1. The van der Waals surface area contributed by atoms with E-state index >= 15 is 0 Å². The lowest BCUT2D eigenvalue weighted by molar-refractivity contribution is 0.626. The van der Waals surface area contributed by atoms with Crippen molar-refractivity contribution >= 4 is 16.9 Å². The second kappa shape index (κ2) is 4.55. The molecule has 0 bridgehead atoms. The predicted octanol–water partition coefficient (Wildman–Crippen LogP) is 3.38. The van der Waals surface area contributed by atoms with Gasteiger partial charge in [-0.1, -0.05) is 6.07 Å². The third kappa shape index (κ3) is 1.96. The summed E-state index contributed by atoms with van der Waals surface area (Å²) in [5, 5.41) is 0.835. The van der Waals surface area contributed by atoms with E-state index in [0.717, 1.165) is 33.5 Å². The van der Waals surface area contributed by atoms with E-state index in [1.165, 1.54) is 12.1 Å². The standard InChI is InChI=1S/C16H17FN4/c1-8-5-6-12(17)7-13(8)21-10(3)9(2)14-15(18)19-11(4)20-16(14)21/h5-7H,1-4H3,(H2,18,19,20). The molecule has 2 aromatic heterocycles. The molecule has 0 saturated carbocycles. The first-order valence-electron chi connectivity index (χ1n) is 6.78. The van der Waals surface area contributed by atoms with Crippen molar-refractivity contribution in [1.29, 1.82) is 0 Å². The molecule has 1 aromatic carbocycles. The molecule has 3 rings (SSSR count). The fraction of sp³-hybridized carbons (Fsp3) is 0.250. The zero-order valence-electron chi connectivity index (χ0n) is 12.5. The van der Waals surface area contributed by atoms with Crippen LogP contribution in [0.3, 0.4) is 0 Å². The predicted molar refractivity (Wildman–Crippen MR) is 82.2 cm³/mol. The SMILES string of the molecule is Cc1nc(N)c2c(C)c(C)n(-c3cc(F)ccc3C)c2n1. The Labute approximate surface area is 122 Å². The van der Waals surface area contributed by atoms with E-state index in [2.05, 4.69) is 9.97 Å². The molecule has 0 spiro atoms. The van der Waals surface area contributed by atoms with Gasteiger partial charge in [0, 0.05) is 5.69 Å². The summed E-state index contributed by atoms with van der Waals surface area (Å²) in [5.74, 6) is 0.798. The van der Waals surface area contributed by atoms with Gasteiger partial charge in [0.05, 0.1) is 11.1 Å². The Balaban J connectivity index is 2.48. The molecule has 0 saturated heterocycles. The molecule has 0 aliphatic rings. The molecule has 0 aliphatic heterocycles. The Morgan fingerprint density at radius 2 is 1.81 bits per heavy atom. The smallest absolute Gasteiger partial charge is 0.150 e. The van der Waals surface area contributed by atoms with Crippen LogP contribution >= 0.6 is 0 Å². The third-order valence-corrected chi connectivity index (χ3v) is 3.91. The van der Waals surface area contributed by atoms with Crippen LogP contribution in [0.15, 0.2) is 18.2 Å². The minimum absolute atomic E-state index is 0.270. The Morgan fingerprint density at radius 1 is 1.10 bits per heavy atom. The van der Waals surface area contributed by atoms with Crippen molar-refractivity contribution in [3.05, 3.63) is 46.7 Å². The lowest BCUT2D eigenvalue weighted by atomic mass is 10.2. The molecular weight excluding hydrogens is 267 g/mol. The molecule has 2 N–H and O–H groups in total. The number of fused-ring (bicyclic) bond motifs is 1. The van der Waals surface area contributed by atoms with Crippen LogP contribution in [-0.4, -0.2) is 14.5 Å². The van der Waals surface area contributed by atoms with Gasteiger partial charge in [0.2, 0.25) is 0 Å². The Hall–Kier alpha value is -2.43. The number of hydrogen-bond donors (Lipinski definition) is 1. The second-order valence-corrected chi connectivity index (χ2v) is 5.33. The molecule has 0 radical (unpaired) electrons. The molecule has 0 unspecified atom stereocenters. The number of nitrogens with zero attached hydrogens (tertiary/aromatic N) is 3. The van der Waals surface area contributed by atoms with E-state index < -0.39 is 0 Å². The lowest BCUT2D eigenvalue weighted by Crippen LogP contribution is -2.03. The van der Waals surface area contributed by atoms with Crippen LogP contribution in [0.1, 0.15) is 22.6 Å². The summed E-state index contributed by atoms with van der Waals surface area (Å²) in [4.78, 5) is 8.74. The Kier molecular flexibility index (Phi) is 2.93. The normalized spacial score (nSPS) is 11.3. The van der Waals surface area contributed by atoms with Crippen molar-refractivity contribution in [3.8, 4) is 5.69 Å². The molecular formula is C16H17FN4. The van der Waals surface area contributed by atoms with Crippen LogP contribution in [0.25, 0.3) is 16.7 Å². The fourth-order valence-corrected chi connectivity index (χ4v) is 2.73. The summed E-state index contributed by atoms with van der Waals surface area (Å²) in [6.07, 6.45) is 0. The minimum Gasteiger partial charge on any atom is -0.383 e. The maximum Gasteiger partial charge on any atom is 0.150 e. The summed E-state index contributed by atoms with van der Waals surface area (Å²) >= 11 is 0. The number of halogens is 1. The summed E-state index contributed by atoms with van der Waals surface area (Å²) in [5.41, 5.74) is 10.5. The average molecular weight is 284 g/mol. The molecule has 0 aliphatic carbocycles. The van der Waals surface area contributed by atoms with Gasteiger partial charge in [-0.2, -0.15) is 0 Å². The number of rotatable bonds is 1. The van der Waals surface area contributed by atoms with Gasteiger partial charge in [-0.3, -0.25) is 4.57 Å². The van der Waals surface area contributed by atoms with E-state index in [9.17, 15) is 4.39 Å². The first-order chi connectivity index (χ1) is 9.90. The van der Waals surface area contributed by atoms with Gasteiger partial charge in [0.1, 0.15) is 17.5 Å². The monoisotopic (exact) mass is 284 g/mol. The van der Waals surface area contributed by atoms with Crippen LogP contribution in [0.2, 0.25) is 0 Å². The maximum atomic E-state index is 13.7. The van der Waals surface area contributed by atoms with Crippen molar-refractivity contribution in [2.45, 2.75) is 27.7 Å². The molecule has 21 heavy (non-hydrogen) atoms. The highest BCUT2D eigenvalue weighted by atomic mass is 19.1. The van der Waals surface area contributed by atoms with Gasteiger partial charge in [0.25, 0.3) is 0 Å². The van der Waals surface area contributed by atoms with E-state index in [4.69, 9.17) is 5.73 Å². The maximum absolute atomic E-state index is 13.7. The first-order valence-corrected chi connectivity index (χ1v) is 6.78. The highest BCUT2D eigenvalue weighted by Gasteiger charge is 2.18. The van der Waals surface area contributed by atoms with Crippen molar-refractivity contribution in [2.75, 3.05) is 5.73 Å². The molecule has 3 aromatic rings. The van der Waals surface area contributed by atoms with E-state index in [1.54, 1.807) is 13.0 Å².